The number of aromatic nitrogens is 2. The van der Waals surface area contributed by atoms with E-state index in [9.17, 15) is 17.8 Å². The molecule has 0 spiro atoms. The van der Waals surface area contributed by atoms with Gasteiger partial charge in [0.05, 0.1) is 11.9 Å². The monoisotopic (exact) mass is 545 g/mol. The van der Waals surface area contributed by atoms with Crippen molar-refractivity contribution in [2.75, 3.05) is 0 Å². The van der Waals surface area contributed by atoms with Gasteiger partial charge in [-0.25, -0.2) is 17.6 Å². The Hall–Kier alpha value is -3.75. The first-order valence-electron chi connectivity index (χ1n) is 13.0. The van der Waals surface area contributed by atoms with Crippen LogP contribution >= 0.6 is 0 Å². The predicted octanol–water partition coefficient (Wildman–Crippen LogP) is 4.33. The van der Waals surface area contributed by atoms with Crippen molar-refractivity contribution in [3.05, 3.63) is 120 Å². The lowest BCUT2D eigenvalue weighted by Crippen LogP contribution is -2.47. The molecule has 39 heavy (non-hydrogen) atoms. The molecule has 2 atom stereocenters. The fourth-order valence-corrected chi connectivity index (χ4v) is 6.26. The molecule has 2 N–H and O–H groups in total. The van der Waals surface area contributed by atoms with E-state index in [4.69, 9.17) is 5.73 Å². The average molecular weight is 546 g/mol. The summed E-state index contributed by atoms with van der Waals surface area (Å²) in [5.41, 5.74) is 8.30. The van der Waals surface area contributed by atoms with Crippen LogP contribution in [0.5, 0.6) is 0 Å². The van der Waals surface area contributed by atoms with Crippen molar-refractivity contribution in [2.45, 2.75) is 49.5 Å². The molecule has 1 aromatic heterocycles. The average Bonchev–Trinajstić information content (AvgIpc) is 3.52. The van der Waals surface area contributed by atoms with Crippen LogP contribution in [0.1, 0.15) is 47.8 Å². The summed E-state index contributed by atoms with van der Waals surface area (Å²) in [6.07, 6.45) is 7.20. The lowest BCUT2D eigenvalue weighted by atomic mass is 9.64. The van der Waals surface area contributed by atoms with Gasteiger partial charge in [0.2, 0.25) is 5.91 Å². The summed E-state index contributed by atoms with van der Waals surface area (Å²) < 4.78 is 35.7. The number of benzene rings is 3. The topological polar surface area (TPSA) is 109 Å². The van der Waals surface area contributed by atoms with Crippen LogP contribution in [-0.2, 0) is 27.4 Å². The number of carbonyl (C=O) groups is 1. The van der Waals surface area contributed by atoms with E-state index in [1.807, 2.05) is 67.6 Å². The van der Waals surface area contributed by atoms with E-state index in [0.717, 1.165) is 36.0 Å². The molecule has 7 nitrogen and oxygen atoms in total. The largest absolute Gasteiger partial charge is 0.744 e. The van der Waals surface area contributed by atoms with Crippen LogP contribution in [0.2, 0.25) is 0 Å². The first-order chi connectivity index (χ1) is 18.5. The van der Waals surface area contributed by atoms with Crippen molar-refractivity contribution in [3.63, 3.8) is 0 Å². The van der Waals surface area contributed by atoms with E-state index in [-0.39, 0.29) is 16.7 Å². The molecule has 5 rings (SSSR count). The summed E-state index contributed by atoms with van der Waals surface area (Å²) in [6, 6.07) is 26.3. The van der Waals surface area contributed by atoms with E-state index in [0.29, 0.717) is 6.04 Å². The number of carbonyl (C=O) groups excluding carboxylic acids is 1. The molecule has 0 radical (unpaired) electrons. The van der Waals surface area contributed by atoms with Crippen molar-refractivity contribution >= 4 is 16.0 Å². The van der Waals surface area contributed by atoms with E-state index in [2.05, 4.69) is 35.5 Å². The Morgan fingerprint density at radius 2 is 1.46 bits per heavy atom. The molecule has 1 saturated carbocycles. The molecule has 1 heterocycles. The molecule has 204 valence electrons. The van der Waals surface area contributed by atoms with Gasteiger partial charge in [-0.1, -0.05) is 78.4 Å². The molecule has 0 bridgehead atoms. The molecule has 0 aliphatic heterocycles. The Bertz CT molecular complexity index is 1480. The lowest BCUT2D eigenvalue weighted by Gasteiger charge is -2.37. The summed E-state index contributed by atoms with van der Waals surface area (Å²) in [7, 11) is -2.20. The highest BCUT2D eigenvalue weighted by Crippen LogP contribution is 2.49. The van der Waals surface area contributed by atoms with Gasteiger partial charge in [0.15, 0.2) is 0 Å². The summed E-state index contributed by atoms with van der Waals surface area (Å²) in [6.45, 7) is 3.96. The van der Waals surface area contributed by atoms with E-state index >= 15 is 0 Å². The predicted molar refractivity (Wildman–Crippen MR) is 149 cm³/mol. The van der Waals surface area contributed by atoms with Crippen LogP contribution in [0.3, 0.4) is 0 Å². The van der Waals surface area contributed by atoms with Crippen molar-refractivity contribution in [1.29, 1.82) is 0 Å². The lowest BCUT2D eigenvalue weighted by molar-refractivity contribution is -0.677. The van der Waals surface area contributed by atoms with Gasteiger partial charge in [-0.2, -0.15) is 0 Å². The molecule has 1 fully saturated rings. The van der Waals surface area contributed by atoms with E-state index < -0.39 is 15.5 Å². The molecule has 0 unspecified atom stereocenters. The molecule has 3 aromatic carbocycles. The highest BCUT2D eigenvalue weighted by molar-refractivity contribution is 7.85. The second-order valence-corrected chi connectivity index (χ2v) is 11.6. The van der Waals surface area contributed by atoms with Gasteiger partial charge in [0.25, 0.3) is 5.82 Å². The van der Waals surface area contributed by atoms with Gasteiger partial charge in [-0.3, -0.25) is 4.79 Å². The van der Waals surface area contributed by atoms with E-state index in [1.54, 1.807) is 12.1 Å². The number of aryl methyl sites for hydroxylation is 2. The smallest absolute Gasteiger partial charge is 0.253 e. The Balaban J connectivity index is 0.000000270. The Kier molecular flexibility index (Phi) is 8.37. The third-order valence-corrected chi connectivity index (χ3v) is 8.75. The fourth-order valence-electron chi connectivity index (χ4n) is 5.79. The molecule has 1 aliphatic rings. The van der Waals surface area contributed by atoms with Crippen molar-refractivity contribution < 1.29 is 22.3 Å². The number of hydrogen-bond acceptors (Lipinski definition) is 4. The summed E-state index contributed by atoms with van der Waals surface area (Å²) >= 11 is 0. The van der Waals surface area contributed by atoms with Crippen LogP contribution in [0.15, 0.2) is 102 Å². The second-order valence-electron chi connectivity index (χ2n) is 10.2. The number of nitrogens with two attached hydrogens (primary N) is 1. The number of nitrogens with zero attached hydrogens (tertiary/aromatic N) is 2. The summed E-state index contributed by atoms with van der Waals surface area (Å²) in [4.78, 5) is 13.0. The number of imidazole rings is 1. The minimum atomic E-state index is -4.27. The Labute approximate surface area is 230 Å². The fraction of sp³-hybridized carbons (Fsp3) is 0.290. The van der Waals surface area contributed by atoms with Crippen LogP contribution < -0.4 is 10.3 Å². The maximum absolute atomic E-state index is 13.1. The Morgan fingerprint density at radius 3 is 1.90 bits per heavy atom. The summed E-state index contributed by atoms with van der Waals surface area (Å²) in [5.74, 6) is 1.13. The SMILES string of the molecule is Cc1ccc(S(=O)(=O)[O-])cc1.Cc1n([C@H]2CC[C@@H](C(C(N)=O)(c3ccccc3)c3ccccc3)C2)cc[n+]1C. The Morgan fingerprint density at radius 1 is 0.923 bits per heavy atom. The molecule has 4 aromatic rings. The maximum atomic E-state index is 13.1. The molecular weight excluding hydrogens is 510 g/mol. The van der Waals surface area contributed by atoms with Crippen LogP contribution in [0.25, 0.3) is 0 Å². The minimum Gasteiger partial charge on any atom is -0.744 e. The molecule has 0 saturated heterocycles. The first-order valence-corrected chi connectivity index (χ1v) is 14.4. The number of hydrogen-bond donors (Lipinski definition) is 1. The second kappa shape index (κ2) is 11.6. The minimum absolute atomic E-state index is 0.159. The maximum Gasteiger partial charge on any atom is 0.253 e. The van der Waals surface area contributed by atoms with Gasteiger partial charge >= 0.3 is 0 Å². The summed E-state index contributed by atoms with van der Waals surface area (Å²) in [5, 5.41) is 0. The molecule has 1 amide bonds. The van der Waals surface area contributed by atoms with Gasteiger partial charge in [-0.15, -0.1) is 0 Å². The van der Waals surface area contributed by atoms with Crippen LogP contribution in [0.4, 0.5) is 0 Å². The zero-order valence-electron chi connectivity index (χ0n) is 22.5. The zero-order chi connectivity index (χ0) is 28.2. The normalized spacial score (nSPS) is 17.3. The van der Waals surface area contributed by atoms with Gasteiger partial charge in [0.1, 0.15) is 34.0 Å². The first kappa shape index (κ1) is 28.3. The van der Waals surface area contributed by atoms with Crippen LogP contribution in [-0.4, -0.2) is 23.4 Å². The van der Waals surface area contributed by atoms with Gasteiger partial charge in [0, 0.05) is 6.92 Å². The van der Waals surface area contributed by atoms with Crippen molar-refractivity contribution in [2.24, 2.45) is 18.7 Å². The van der Waals surface area contributed by atoms with Gasteiger partial charge in [-0.05, 0) is 55.4 Å². The third-order valence-electron chi connectivity index (χ3n) is 7.90. The van der Waals surface area contributed by atoms with Crippen LogP contribution in [0, 0.1) is 19.8 Å². The number of rotatable bonds is 6. The standard InChI is InChI=1S/C24H27N3O.C7H8O3S/c1-18-26(2)15-16-27(18)22-14-13-21(17-22)24(23(25)28,19-9-5-3-6-10-19)20-11-7-4-8-12-20;1-6-2-4-7(5-3-6)11(8,9)10/h3-12,15-16,21-22H,13-14,17H2,1-2H3,(H-,25,28);2-5H,1H3,(H,8,9,10)/t21-,22+;/m1./s1. The highest BCUT2D eigenvalue weighted by Gasteiger charge is 2.51. The molecular formula is C31H35N3O4S. The van der Waals surface area contributed by atoms with Crippen molar-refractivity contribution in [3.8, 4) is 0 Å². The number of primary amides is 1. The van der Waals surface area contributed by atoms with Crippen molar-refractivity contribution in [1.82, 2.24) is 4.57 Å². The zero-order valence-corrected chi connectivity index (χ0v) is 23.3. The molecule has 1 aliphatic carbocycles. The van der Waals surface area contributed by atoms with Gasteiger partial charge < -0.3 is 10.3 Å². The van der Waals surface area contributed by atoms with E-state index in [1.165, 1.54) is 18.0 Å². The number of amides is 1. The third kappa shape index (κ3) is 5.82. The quantitative estimate of drug-likeness (QED) is 0.287. The molecule has 8 heteroatoms. The highest BCUT2D eigenvalue weighted by atomic mass is 32.2.